The standard InChI is InChI=1S/C24H27N5O2/c1-30-21-11-19(17-4-3-5-18(17)22(21)31-2)14-6-7-20-15(10-14)8-9-29(20)13-16-12-27-24(26)28-23(16)25/h6-7,10-12H,3-5,8-9,13H2,1-2H3,(H4,25,26,27,28). The zero-order valence-electron chi connectivity index (χ0n) is 17.9. The molecule has 0 saturated heterocycles. The average molecular weight is 418 g/mol. The van der Waals surface area contributed by atoms with Crippen LogP contribution in [0.1, 0.15) is 28.7 Å². The van der Waals surface area contributed by atoms with Gasteiger partial charge in [0, 0.05) is 36.1 Å². The Balaban J connectivity index is 1.49. The smallest absolute Gasteiger partial charge is 0.221 e. The largest absolute Gasteiger partial charge is 0.493 e. The number of aromatic nitrogens is 2. The highest BCUT2D eigenvalue weighted by Gasteiger charge is 2.26. The Kier molecular flexibility index (Phi) is 4.81. The summed E-state index contributed by atoms with van der Waals surface area (Å²) in [5, 5.41) is 0. The Bertz CT molecular complexity index is 1160. The van der Waals surface area contributed by atoms with Crippen LogP contribution in [0.3, 0.4) is 0 Å². The van der Waals surface area contributed by atoms with Gasteiger partial charge < -0.3 is 25.8 Å². The molecule has 0 radical (unpaired) electrons. The van der Waals surface area contributed by atoms with Crippen LogP contribution in [-0.4, -0.2) is 30.7 Å². The second kappa shape index (κ2) is 7.65. The number of nitrogens with two attached hydrogens (primary N) is 2. The van der Waals surface area contributed by atoms with Crippen molar-refractivity contribution in [1.29, 1.82) is 0 Å². The molecule has 1 aliphatic heterocycles. The van der Waals surface area contributed by atoms with Crippen molar-refractivity contribution in [3.63, 3.8) is 0 Å². The van der Waals surface area contributed by atoms with Crippen LogP contribution in [-0.2, 0) is 25.8 Å². The number of nitrogens with zero attached hydrogens (tertiary/aromatic N) is 3. The average Bonchev–Trinajstić information content (AvgIpc) is 3.41. The third-order valence-corrected chi connectivity index (χ3v) is 6.40. The molecule has 1 aromatic heterocycles. The molecule has 31 heavy (non-hydrogen) atoms. The topological polar surface area (TPSA) is 99.5 Å². The summed E-state index contributed by atoms with van der Waals surface area (Å²) >= 11 is 0. The highest BCUT2D eigenvalue weighted by atomic mass is 16.5. The predicted molar refractivity (Wildman–Crippen MR) is 123 cm³/mol. The molecule has 0 amide bonds. The second-order valence-electron chi connectivity index (χ2n) is 8.12. The Morgan fingerprint density at radius 2 is 1.87 bits per heavy atom. The summed E-state index contributed by atoms with van der Waals surface area (Å²) in [6, 6.07) is 8.87. The molecular weight excluding hydrogens is 390 g/mol. The fourth-order valence-corrected chi connectivity index (χ4v) is 4.92. The number of rotatable bonds is 5. The summed E-state index contributed by atoms with van der Waals surface area (Å²) in [6.45, 7) is 1.61. The van der Waals surface area contributed by atoms with Crippen LogP contribution in [0.5, 0.6) is 11.5 Å². The molecule has 4 N–H and O–H groups in total. The molecule has 3 aromatic rings. The van der Waals surface area contributed by atoms with E-state index in [0.717, 1.165) is 49.3 Å². The van der Waals surface area contributed by atoms with Crippen molar-refractivity contribution in [3.8, 4) is 22.6 Å². The van der Waals surface area contributed by atoms with Gasteiger partial charge in [-0.3, -0.25) is 0 Å². The fraction of sp³-hybridized carbons (Fsp3) is 0.333. The zero-order chi connectivity index (χ0) is 21.5. The third kappa shape index (κ3) is 3.30. The maximum absolute atomic E-state index is 6.04. The highest BCUT2D eigenvalue weighted by molar-refractivity contribution is 5.77. The summed E-state index contributed by atoms with van der Waals surface area (Å²) in [7, 11) is 3.43. The lowest BCUT2D eigenvalue weighted by Gasteiger charge is -2.21. The maximum atomic E-state index is 6.04. The van der Waals surface area contributed by atoms with Crippen molar-refractivity contribution >= 4 is 17.5 Å². The van der Waals surface area contributed by atoms with E-state index >= 15 is 0 Å². The van der Waals surface area contributed by atoms with Gasteiger partial charge in [0.15, 0.2) is 11.5 Å². The molecule has 2 heterocycles. The lowest BCUT2D eigenvalue weighted by molar-refractivity contribution is 0.352. The van der Waals surface area contributed by atoms with Gasteiger partial charge in [-0.15, -0.1) is 0 Å². The van der Waals surface area contributed by atoms with E-state index in [2.05, 4.69) is 39.1 Å². The van der Waals surface area contributed by atoms with Gasteiger partial charge in [-0.05, 0) is 66.1 Å². The van der Waals surface area contributed by atoms with E-state index in [-0.39, 0.29) is 5.95 Å². The lowest BCUT2D eigenvalue weighted by atomic mass is 9.94. The minimum Gasteiger partial charge on any atom is -0.493 e. The maximum Gasteiger partial charge on any atom is 0.221 e. The molecule has 160 valence electrons. The summed E-state index contributed by atoms with van der Waals surface area (Å²) in [6.07, 6.45) is 5.97. The number of nitrogen functional groups attached to an aromatic ring is 2. The van der Waals surface area contributed by atoms with Crippen molar-refractivity contribution in [2.75, 3.05) is 37.1 Å². The molecule has 2 aromatic carbocycles. The van der Waals surface area contributed by atoms with Crippen molar-refractivity contribution in [1.82, 2.24) is 9.97 Å². The van der Waals surface area contributed by atoms with Gasteiger partial charge in [0.25, 0.3) is 0 Å². The first-order valence-electron chi connectivity index (χ1n) is 10.6. The lowest BCUT2D eigenvalue weighted by Crippen LogP contribution is -2.21. The first-order chi connectivity index (χ1) is 15.1. The second-order valence-corrected chi connectivity index (χ2v) is 8.12. The van der Waals surface area contributed by atoms with Crippen LogP contribution in [0.4, 0.5) is 17.5 Å². The number of hydrogen-bond acceptors (Lipinski definition) is 7. The summed E-state index contributed by atoms with van der Waals surface area (Å²) in [4.78, 5) is 10.5. The normalized spacial score (nSPS) is 14.5. The molecule has 0 spiro atoms. The van der Waals surface area contributed by atoms with E-state index in [1.54, 1.807) is 20.4 Å². The van der Waals surface area contributed by atoms with E-state index in [9.17, 15) is 0 Å². The molecule has 5 rings (SSSR count). The van der Waals surface area contributed by atoms with Crippen LogP contribution >= 0.6 is 0 Å². The van der Waals surface area contributed by atoms with Crippen LogP contribution in [0.15, 0.2) is 30.5 Å². The number of ether oxygens (including phenoxy) is 2. The first-order valence-corrected chi connectivity index (χ1v) is 10.6. The third-order valence-electron chi connectivity index (χ3n) is 6.40. The molecule has 7 nitrogen and oxygen atoms in total. The Hall–Kier alpha value is -3.48. The molecule has 0 fully saturated rings. The van der Waals surface area contributed by atoms with Crippen LogP contribution in [0.25, 0.3) is 11.1 Å². The first kappa shape index (κ1) is 19.5. The predicted octanol–water partition coefficient (Wildman–Crippen LogP) is 3.38. The Morgan fingerprint density at radius 1 is 1.03 bits per heavy atom. The van der Waals surface area contributed by atoms with Gasteiger partial charge in [0.1, 0.15) is 5.82 Å². The summed E-state index contributed by atoms with van der Waals surface area (Å²) in [5.74, 6) is 2.34. The molecule has 2 aliphatic rings. The fourth-order valence-electron chi connectivity index (χ4n) is 4.92. The molecular formula is C24H27N5O2. The van der Waals surface area contributed by atoms with E-state index in [4.69, 9.17) is 20.9 Å². The van der Waals surface area contributed by atoms with Crippen LogP contribution < -0.4 is 25.8 Å². The summed E-state index contributed by atoms with van der Waals surface area (Å²) in [5.41, 5.74) is 20.3. The number of methoxy groups -OCH3 is 2. The van der Waals surface area contributed by atoms with Gasteiger partial charge in [0.05, 0.1) is 14.2 Å². The highest BCUT2D eigenvalue weighted by Crippen LogP contribution is 2.45. The molecule has 0 atom stereocenters. The number of benzene rings is 2. The van der Waals surface area contributed by atoms with Crippen molar-refractivity contribution in [2.24, 2.45) is 0 Å². The van der Waals surface area contributed by atoms with E-state index < -0.39 is 0 Å². The van der Waals surface area contributed by atoms with Crippen molar-refractivity contribution in [3.05, 3.63) is 52.7 Å². The Morgan fingerprint density at radius 3 is 2.65 bits per heavy atom. The van der Waals surface area contributed by atoms with Gasteiger partial charge in [-0.2, -0.15) is 4.98 Å². The van der Waals surface area contributed by atoms with Crippen LogP contribution in [0, 0.1) is 0 Å². The number of anilines is 3. The van der Waals surface area contributed by atoms with Crippen molar-refractivity contribution in [2.45, 2.75) is 32.2 Å². The molecule has 0 bridgehead atoms. The van der Waals surface area contributed by atoms with Crippen molar-refractivity contribution < 1.29 is 9.47 Å². The van der Waals surface area contributed by atoms with Gasteiger partial charge in [-0.25, -0.2) is 4.98 Å². The minimum atomic E-state index is 0.204. The zero-order valence-corrected chi connectivity index (χ0v) is 17.9. The van der Waals surface area contributed by atoms with E-state index in [1.165, 1.54) is 33.5 Å². The number of hydrogen-bond donors (Lipinski definition) is 2. The van der Waals surface area contributed by atoms with Gasteiger partial charge in [-0.1, -0.05) is 6.07 Å². The molecule has 0 saturated carbocycles. The quantitative estimate of drug-likeness (QED) is 0.656. The summed E-state index contributed by atoms with van der Waals surface area (Å²) < 4.78 is 11.3. The SMILES string of the molecule is COc1cc(-c2ccc3c(c2)CCN3Cc2cnc(N)nc2N)c2c(c1OC)CCC2. The van der Waals surface area contributed by atoms with Crippen LogP contribution in [0.2, 0.25) is 0 Å². The minimum absolute atomic E-state index is 0.204. The number of fused-ring (bicyclic) bond motifs is 2. The van der Waals surface area contributed by atoms with E-state index in [1.807, 2.05) is 0 Å². The van der Waals surface area contributed by atoms with Gasteiger partial charge in [0.2, 0.25) is 5.95 Å². The molecule has 1 aliphatic carbocycles. The monoisotopic (exact) mass is 417 g/mol. The molecule has 7 heteroatoms. The van der Waals surface area contributed by atoms with Gasteiger partial charge >= 0.3 is 0 Å². The van der Waals surface area contributed by atoms with E-state index in [0.29, 0.717) is 12.4 Å². The molecule has 0 unspecified atom stereocenters. The Labute approximate surface area is 182 Å².